The molecule has 0 rings (SSSR count). The van der Waals surface area contributed by atoms with Crippen molar-refractivity contribution in [2.45, 2.75) is 70.8 Å². The van der Waals surface area contributed by atoms with E-state index in [2.05, 4.69) is 12.2 Å². The lowest BCUT2D eigenvalue weighted by Crippen LogP contribution is -2.17. The maximum Gasteiger partial charge on any atom is 0.0559 e. The average molecular weight is 259 g/mol. The molecule has 0 saturated heterocycles. The van der Waals surface area contributed by atoms with Crippen LogP contribution in [0.5, 0.6) is 0 Å². The molecular formula is C15H33NO2. The minimum absolute atomic E-state index is 0.350. The van der Waals surface area contributed by atoms with Gasteiger partial charge in [-0.05, 0) is 39.8 Å². The van der Waals surface area contributed by atoms with E-state index >= 15 is 0 Å². The molecule has 0 aromatic heterocycles. The van der Waals surface area contributed by atoms with Crippen LogP contribution < -0.4 is 5.32 Å². The fourth-order valence-electron chi connectivity index (χ4n) is 1.99. The minimum Gasteiger partial charge on any atom is -0.396 e. The second-order valence-corrected chi connectivity index (χ2v) is 5.13. The minimum atomic E-state index is 0.350. The first-order valence-electron chi connectivity index (χ1n) is 7.68. The second kappa shape index (κ2) is 14.9. The van der Waals surface area contributed by atoms with Crippen molar-refractivity contribution in [3.63, 3.8) is 0 Å². The SMILES string of the molecule is CNCCC(C)OCCCCCCCCCCO. The summed E-state index contributed by atoms with van der Waals surface area (Å²) >= 11 is 0. The maximum atomic E-state index is 8.65. The molecule has 0 aliphatic rings. The van der Waals surface area contributed by atoms with Crippen molar-refractivity contribution in [2.24, 2.45) is 0 Å². The fraction of sp³-hybridized carbons (Fsp3) is 1.00. The lowest BCUT2D eigenvalue weighted by molar-refractivity contribution is 0.0580. The van der Waals surface area contributed by atoms with Gasteiger partial charge in [0.15, 0.2) is 0 Å². The number of hydrogen-bond acceptors (Lipinski definition) is 3. The van der Waals surface area contributed by atoms with Gasteiger partial charge in [-0.3, -0.25) is 0 Å². The Balaban J connectivity index is 3.02. The zero-order chi connectivity index (χ0) is 13.5. The van der Waals surface area contributed by atoms with Gasteiger partial charge >= 0.3 is 0 Å². The van der Waals surface area contributed by atoms with Gasteiger partial charge in [0.25, 0.3) is 0 Å². The molecule has 1 unspecified atom stereocenters. The molecule has 0 bridgehead atoms. The highest BCUT2D eigenvalue weighted by Crippen LogP contribution is 2.09. The average Bonchev–Trinajstić information content (AvgIpc) is 2.38. The Morgan fingerprint density at radius 1 is 0.944 bits per heavy atom. The van der Waals surface area contributed by atoms with Crippen LogP contribution in [0.2, 0.25) is 0 Å². The Kier molecular flexibility index (Phi) is 14.8. The third kappa shape index (κ3) is 13.9. The van der Waals surface area contributed by atoms with Crippen molar-refractivity contribution in [1.29, 1.82) is 0 Å². The monoisotopic (exact) mass is 259 g/mol. The molecule has 0 aliphatic carbocycles. The fourth-order valence-corrected chi connectivity index (χ4v) is 1.99. The highest BCUT2D eigenvalue weighted by molar-refractivity contribution is 4.52. The van der Waals surface area contributed by atoms with Gasteiger partial charge in [-0.1, -0.05) is 38.5 Å². The molecule has 0 heterocycles. The number of hydrogen-bond donors (Lipinski definition) is 2. The predicted octanol–water partition coefficient (Wildman–Crippen LogP) is 3.11. The van der Waals surface area contributed by atoms with E-state index in [1.165, 1.54) is 44.9 Å². The number of rotatable bonds is 14. The Bertz CT molecular complexity index is 153. The lowest BCUT2D eigenvalue weighted by Gasteiger charge is -2.12. The Hall–Kier alpha value is -0.120. The summed E-state index contributed by atoms with van der Waals surface area (Å²) in [6, 6.07) is 0. The highest BCUT2D eigenvalue weighted by Gasteiger charge is 2.00. The van der Waals surface area contributed by atoms with E-state index in [1.54, 1.807) is 0 Å². The van der Waals surface area contributed by atoms with E-state index in [-0.39, 0.29) is 0 Å². The molecule has 0 saturated carbocycles. The number of aliphatic hydroxyl groups excluding tert-OH is 1. The summed E-state index contributed by atoms with van der Waals surface area (Å²) in [5, 5.41) is 11.8. The normalized spacial score (nSPS) is 12.8. The molecule has 0 spiro atoms. The summed E-state index contributed by atoms with van der Waals surface area (Å²) < 4.78 is 5.74. The van der Waals surface area contributed by atoms with Crippen LogP contribution in [0, 0.1) is 0 Å². The van der Waals surface area contributed by atoms with Crippen LogP contribution in [0.3, 0.4) is 0 Å². The number of unbranched alkanes of at least 4 members (excludes halogenated alkanes) is 7. The molecule has 0 amide bonds. The van der Waals surface area contributed by atoms with Gasteiger partial charge in [0.1, 0.15) is 0 Å². The smallest absolute Gasteiger partial charge is 0.0559 e. The van der Waals surface area contributed by atoms with Crippen molar-refractivity contribution < 1.29 is 9.84 Å². The van der Waals surface area contributed by atoms with Crippen molar-refractivity contribution in [3.05, 3.63) is 0 Å². The molecular weight excluding hydrogens is 226 g/mol. The summed E-state index contributed by atoms with van der Waals surface area (Å²) in [4.78, 5) is 0. The quantitative estimate of drug-likeness (QED) is 0.471. The number of ether oxygens (including phenoxy) is 1. The maximum absolute atomic E-state index is 8.65. The molecule has 1 atom stereocenters. The zero-order valence-corrected chi connectivity index (χ0v) is 12.4. The summed E-state index contributed by atoms with van der Waals surface area (Å²) in [7, 11) is 1.98. The van der Waals surface area contributed by atoms with Crippen LogP contribution in [0.25, 0.3) is 0 Å². The van der Waals surface area contributed by atoms with Crippen molar-refractivity contribution >= 4 is 0 Å². The predicted molar refractivity (Wildman–Crippen MR) is 78.0 cm³/mol. The Morgan fingerprint density at radius 3 is 2.06 bits per heavy atom. The largest absolute Gasteiger partial charge is 0.396 e. The molecule has 110 valence electrons. The van der Waals surface area contributed by atoms with Crippen LogP contribution in [-0.2, 0) is 4.74 Å². The Labute approximate surface area is 113 Å². The van der Waals surface area contributed by atoms with Crippen LogP contribution in [-0.4, -0.2) is 38.0 Å². The van der Waals surface area contributed by atoms with E-state index in [0.717, 1.165) is 26.0 Å². The molecule has 0 aromatic carbocycles. The molecule has 0 aromatic rings. The first-order chi connectivity index (χ1) is 8.81. The van der Waals surface area contributed by atoms with Gasteiger partial charge in [-0.2, -0.15) is 0 Å². The first kappa shape index (κ1) is 17.9. The van der Waals surface area contributed by atoms with Gasteiger partial charge < -0.3 is 15.2 Å². The second-order valence-electron chi connectivity index (χ2n) is 5.13. The summed E-state index contributed by atoms with van der Waals surface area (Å²) in [5.41, 5.74) is 0. The van der Waals surface area contributed by atoms with Crippen LogP contribution >= 0.6 is 0 Å². The van der Waals surface area contributed by atoms with Crippen molar-refractivity contribution in [1.82, 2.24) is 5.32 Å². The van der Waals surface area contributed by atoms with Crippen LogP contribution in [0.15, 0.2) is 0 Å². The van der Waals surface area contributed by atoms with E-state index in [9.17, 15) is 0 Å². The molecule has 3 nitrogen and oxygen atoms in total. The number of aliphatic hydroxyl groups is 1. The van der Waals surface area contributed by atoms with Crippen LogP contribution in [0.1, 0.15) is 64.7 Å². The van der Waals surface area contributed by atoms with Gasteiger partial charge in [0, 0.05) is 13.2 Å². The summed E-state index contributed by atoms with van der Waals surface area (Å²) in [6.45, 7) is 4.45. The van der Waals surface area contributed by atoms with Gasteiger partial charge in [0.05, 0.1) is 6.10 Å². The number of nitrogens with one attached hydrogen (secondary N) is 1. The molecule has 0 aliphatic heterocycles. The molecule has 3 heteroatoms. The molecule has 0 fully saturated rings. The molecule has 2 N–H and O–H groups in total. The molecule has 0 radical (unpaired) electrons. The summed E-state index contributed by atoms with van der Waals surface area (Å²) in [6.07, 6.45) is 11.4. The van der Waals surface area contributed by atoms with E-state index in [0.29, 0.717) is 12.7 Å². The van der Waals surface area contributed by atoms with Gasteiger partial charge in [0.2, 0.25) is 0 Å². The third-order valence-electron chi connectivity index (χ3n) is 3.26. The van der Waals surface area contributed by atoms with E-state index < -0.39 is 0 Å². The van der Waals surface area contributed by atoms with Crippen LogP contribution in [0.4, 0.5) is 0 Å². The van der Waals surface area contributed by atoms with Crippen molar-refractivity contribution in [3.8, 4) is 0 Å². The summed E-state index contributed by atoms with van der Waals surface area (Å²) in [5.74, 6) is 0. The Morgan fingerprint density at radius 2 is 1.50 bits per heavy atom. The van der Waals surface area contributed by atoms with Gasteiger partial charge in [-0.25, -0.2) is 0 Å². The lowest BCUT2D eigenvalue weighted by atomic mass is 10.1. The topological polar surface area (TPSA) is 41.5 Å². The molecule has 18 heavy (non-hydrogen) atoms. The highest BCUT2D eigenvalue weighted by atomic mass is 16.5. The zero-order valence-electron chi connectivity index (χ0n) is 12.4. The van der Waals surface area contributed by atoms with E-state index in [1.807, 2.05) is 7.05 Å². The van der Waals surface area contributed by atoms with Crippen molar-refractivity contribution in [2.75, 3.05) is 26.8 Å². The standard InChI is InChI=1S/C15H33NO2/c1-15(11-12-16-2)18-14-10-8-6-4-3-5-7-9-13-17/h15-17H,3-14H2,1-2H3. The van der Waals surface area contributed by atoms with E-state index in [4.69, 9.17) is 9.84 Å². The first-order valence-corrected chi connectivity index (χ1v) is 7.68. The third-order valence-corrected chi connectivity index (χ3v) is 3.26. The van der Waals surface area contributed by atoms with Gasteiger partial charge in [-0.15, -0.1) is 0 Å².